The van der Waals surface area contributed by atoms with Crippen LogP contribution in [-0.2, 0) is 0 Å². The molecule has 0 spiro atoms. The van der Waals surface area contributed by atoms with Gasteiger partial charge in [-0.1, -0.05) is 12.1 Å². The first-order valence-electron chi connectivity index (χ1n) is 8.52. The normalized spacial score (nSPS) is 11.1. The van der Waals surface area contributed by atoms with Crippen molar-refractivity contribution in [2.75, 3.05) is 5.32 Å². The summed E-state index contributed by atoms with van der Waals surface area (Å²) in [5.41, 5.74) is 5.37. The number of H-pyrrole nitrogens is 1. The fraction of sp³-hybridized carbons (Fsp3) is 0.0500. The number of rotatable bonds is 3. The van der Waals surface area contributed by atoms with Crippen LogP contribution in [0.5, 0.6) is 0 Å². The fourth-order valence-corrected chi connectivity index (χ4v) is 3.13. The number of nitrogens with zero attached hydrogens (tertiary/aromatic N) is 5. The predicted molar refractivity (Wildman–Crippen MR) is 105 cm³/mol. The van der Waals surface area contributed by atoms with Crippen LogP contribution < -0.4 is 5.32 Å². The maximum Gasteiger partial charge on any atom is 0.160 e. The molecule has 7 nitrogen and oxygen atoms in total. The lowest BCUT2D eigenvalue weighted by atomic mass is 10.1. The third-order valence-electron chi connectivity index (χ3n) is 4.45. The molecular formula is C20H15N7. The summed E-state index contributed by atoms with van der Waals surface area (Å²) in [6.45, 7) is 2.09. The average molecular weight is 353 g/mol. The highest BCUT2D eigenvalue weighted by Crippen LogP contribution is 2.27. The number of hydrogen-bond donors (Lipinski definition) is 2. The average Bonchev–Trinajstić information content (AvgIpc) is 3.18. The minimum atomic E-state index is 0.694. The summed E-state index contributed by atoms with van der Waals surface area (Å²) in [5, 5.41) is 12.2. The molecule has 2 N–H and O–H groups in total. The molecule has 7 heteroatoms. The number of fused-ring (bicyclic) bond motifs is 2. The van der Waals surface area contributed by atoms with Gasteiger partial charge in [0.25, 0.3) is 0 Å². The molecule has 0 amide bonds. The molecule has 4 heterocycles. The van der Waals surface area contributed by atoms with Gasteiger partial charge < -0.3 is 5.32 Å². The molecule has 0 unspecified atom stereocenters. The second-order valence-corrected chi connectivity index (χ2v) is 6.25. The first-order valence-corrected chi connectivity index (χ1v) is 8.52. The Hall–Kier alpha value is -3.87. The van der Waals surface area contributed by atoms with Crippen molar-refractivity contribution in [2.45, 2.75) is 6.92 Å². The van der Waals surface area contributed by atoms with Crippen LogP contribution in [0.15, 0.2) is 61.2 Å². The highest BCUT2D eigenvalue weighted by molar-refractivity contribution is 5.91. The number of aromatic nitrogens is 6. The quantitative estimate of drug-likeness (QED) is 0.509. The van der Waals surface area contributed by atoms with Gasteiger partial charge in [-0.3, -0.25) is 10.1 Å². The molecule has 0 aliphatic rings. The van der Waals surface area contributed by atoms with Gasteiger partial charge in [-0.05, 0) is 42.8 Å². The van der Waals surface area contributed by atoms with E-state index in [0.717, 1.165) is 38.9 Å². The molecule has 5 aromatic rings. The summed E-state index contributed by atoms with van der Waals surface area (Å²) in [6, 6.07) is 14.0. The molecule has 27 heavy (non-hydrogen) atoms. The Kier molecular flexibility index (Phi) is 3.50. The van der Waals surface area contributed by atoms with Crippen molar-refractivity contribution in [1.82, 2.24) is 30.1 Å². The van der Waals surface area contributed by atoms with E-state index in [1.807, 2.05) is 30.3 Å². The number of hydrogen-bond acceptors (Lipinski definition) is 6. The molecular weight excluding hydrogens is 338 g/mol. The smallest absolute Gasteiger partial charge is 0.160 e. The molecule has 0 atom stereocenters. The summed E-state index contributed by atoms with van der Waals surface area (Å²) in [5.74, 6) is 0.700. The Balaban J connectivity index is 1.59. The molecule has 4 aromatic heterocycles. The van der Waals surface area contributed by atoms with Gasteiger partial charge in [0, 0.05) is 17.3 Å². The zero-order valence-corrected chi connectivity index (χ0v) is 14.5. The number of nitrogens with one attached hydrogen (secondary N) is 2. The van der Waals surface area contributed by atoms with Gasteiger partial charge >= 0.3 is 0 Å². The Morgan fingerprint density at radius 1 is 0.926 bits per heavy atom. The van der Waals surface area contributed by atoms with Crippen LogP contribution >= 0.6 is 0 Å². The molecule has 0 saturated heterocycles. The van der Waals surface area contributed by atoms with Crippen LogP contribution in [-0.4, -0.2) is 30.1 Å². The summed E-state index contributed by atoms with van der Waals surface area (Å²) in [7, 11) is 0. The minimum absolute atomic E-state index is 0.694. The summed E-state index contributed by atoms with van der Waals surface area (Å²) >= 11 is 0. The highest BCUT2D eigenvalue weighted by Gasteiger charge is 2.09. The Morgan fingerprint density at radius 3 is 2.78 bits per heavy atom. The summed E-state index contributed by atoms with van der Waals surface area (Å²) in [4.78, 5) is 17.7. The molecule has 130 valence electrons. The largest absolute Gasteiger partial charge is 0.339 e. The molecule has 0 fully saturated rings. The molecule has 0 aliphatic heterocycles. The van der Waals surface area contributed by atoms with E-state index in [9.17, 15) is 0 Å². The predicted octanol–water partition coefficient (Wildman–Crippen LogP) is 4.02. The van der Waals surface area contributed by atoms with Gasteiger partial charge in [0.1, 0.15) is 12.1 Å². The van der Waals surface area contributed by atoms with Gasteiger partial charge in [-0.2, -0.15) is 5.10 Å². The SMILES string of the molecule is Cc1cc(-c2ccccn2)nc2cc(Nc3ncnc4[nH]ncc34)ccc12. The van der Waals surface area contributed by atoms with Gasteiger partial charge in [0.05, 0.1) is 28.5 Å². The van der Waals surface area contributed by atoms with Crippen LogP contribution in [0.4, 0.5) is 11.5 Å². The van der Waals surface area contributed by atoms with E-state index in [-0.39, 0.29) is 0 Å². The van der Waals surface area contributed by atoms with E-state index < -0.39 is 0 Å². The van der Waals surface area contributed by atoms with Crippen LogP contribution in [0, 0.1) is 6.92 Å². The Bertz CT molecular complexity index is 1260. The monoisotopic (exact) mass is 353 g/mol. The zero-order chi connectivity index (χ0) is 18.2. The van der Waals surface area contributed by atoms with E-state index in [4.69, 9.17) is 4.98 Å². The third kappa shape index (κ3) is 2.75. The highest BCUT2D eigenvalue weighted by atomic mass is 15.2. The number of aryl methyl sites for hydroxylation is 1. The van der Waals surface area contributed by atoms with Crippen molar-refractivity contribution in [1.29, 1.82) is 0 Å². The van der Waals surface area contributed by atoms with Crippen molar-refractivity contribution in [3.63, 3.8) is 0 Å². The third-order valence-corrected chi connectivity index (χ3v) is 4.45. The van der Waals surface area contributed by atoms with Crippen molar-refractivity contribution in [3.8, 4) is 11.4 Å². The molecule has 0 radical (unpaired) electrons. The van der Waals surface area contributed by atoms with Gasteiger partial charge in [0.2, 0.25) is 0 Å². The van der Waals surface area contributed by atoms with Gasteiger partial charge in [-0.25, -0.2) is 15.0 Å². The van der Waals surface area contributed by atoms with Crippen LogP contribution in [0.25, 0.3) is 33.3 Å². The van der Waals surface area contributed by atoms with E-state index >= 15 is 0 Å². The fourth-order valence-electron chi connectivity index (χ4n) is 3.13. The standard InChI is InChI=1S/C20H15N7/c1-12-8-18(16-4-2-3-7-21-16)26-17-9-13(5-6-14(12)17)25-19-15-10-24-27-20(15)23-11-22-19/h2-11H,1H3,(H2,22,23,24,25,27). The Morgan fingerprint density at radius 2 is 1.89 bits per heavy atom. The van der Waals surface area contributed by atoms with Gasteiger partial charge in [-0.15, -0.1) is 0 Å². The van der Waals surface area contributed by atoms with Gasteiger partial charge in [0.15, 0.2) is 5.65 Å². The maximum atomic E-state index is 4.81. The molecule has 0 aliphatic carbocycles. The second-order valence-electron chi connectivity index (χ2n) is 6.25. The molecule has 5 rings (SSSR count). The lowest BCUT2D eigenvalue weighted by Gasteiger charge is -2.10. The number of aromatic amines is 1. The second kappa shape index (κ2) is 6.14. The maximum absolute atomic E-state index is 4.81. The van der Waals surface area contributed by atoms with Crippen LogP contribution in [0.1, 0.15) is 5.56 Å². The minimum Gasteiger partial charge on any atom is -0.339 e. The molecule has 1 aromatic carbocycles. The van der Waals surface area contributed by atoms with Crippen LogP contribution in [0.3, 0.4) is 0 Å². The first kappa shape index (κ1) is 15.4. The summed E-state index contributed by atoms with van der Waals surface area (Å²) in [6.07, 6.45) is 4.99. The van der Waals surface area contributed by atoms with E-state index in [0.29, 0.717) is 11.5 Å². The van der Waals surface area contributed by atoms with E-state index in [1.165, 1.54) is 6.33 Å². The lowest BCUT2D eigenvalue weighted by Crippen LogP contribution is -1.96. The van der Waals surface area contributed by atoms with Crippen molar-refractivity contribution < 1.29 is 0 Å². The number of anilines is 2. The van der Waals surface area contributed by atoms with E-state index in [1.54, 1.807) is 12.4 Å². The van der Waals surface area contributed by atoms with E-state index in [2.05, 4.69) is 49.5 Å². The lowest BCUT2D eigenvalue weighted by molar-refractivity contribution is 1.09. The van der Waals surface area contributed by atoms with Crippen molar-refractivity contribution in [3.05, 3.63) is 66.7 Å². The van der Waals surface area contributed by atoms with Crippen LogP contribution in [0.2, 0.25) is 0 Å². The molecule has 0 saturated carbocycles. The first-order chi connectivity index (χ1) is 13.3. The van der Waals surface area contributed by atoms with Crippen molar-refractivity contribution in [2.24, 2.45) is 0 Å². The molecule has 0 bridgehead atoms. The number of benzene rings is 1. The van der Waals surface area contributed by atoms with Crippen molar-refractivity contribution >= 4 is 33.4 Å². The zero-order valence-electron chi connectivity index (χ0n) is 14.5. The Labute approximate surface area is 154 Å². The number of pyridine rings is 2. The summed E-state index contributed by atoms with van der Waals surface area (Å²) < 4.78 is 0. The topological polar surface area (TPSA) is 92.3 Å².